The summed E-state index contributed by atoms with van der Waals surface area (Å²) in [5, 5.41) is 64.2. The van der Waals surface area contributed by atoms with Crippen molar-refractivity contribution in [2.24, 2.45) is 63.4 Å². The van der Waals surface area contributed by atoms with E-state index in [2.05, 4.69) is 61.8 Å². The van der Waals surface area contributed by atoms with Gasteiger partial charge in [0.25, 0.3) is 0 Å². The normalized spacial score (nSPS) is 33.7. The number of carbonyl (C=O) groups is 1. The lowest BCUT2D eigenvalue weighted by Crippen LogP contribution is -2.70. The number of ketones is 1. The van der Waals surface area contributed by atoms with Crippen molar-refractivity contribution in [3.05, 3.63) is 72.8 Å². The van der Waals surface area contributed by atoms with Crippen LogP contribution < -0.4 is 16.4 Å². The predicted molar refractivity (Wildman–Crippen MR) is 285 cm³/mol. The summed E-state index contributed by atoms with van der Waals surface area (Å²) in [4.78, 5) is 18.6. The molecule has 0 aromatic carbocycles. The molecule has 3 fully saturated rings. The van der Waals surface area contributed by atoms with E-state index in [1.807, 2.05) is 79.6 Å². The molecule has 0 amide bonds. The van der Waals surface area contributed by atoms with Crippen LogP contribution in [0, 0.1) is 57.7 Å². The molecule has 4 aliphatic rings. The fraction of sp³-hybridized carbons (Fsp3) is 0.776. The lowest BCUT2D eigenvalue weighted by atomic mass is 9.42. The summed E-state index contributed by atoms with van der Waals surface area (Å²) in [6, 6.07) is -1.20. The third-order valence-electron chi connectivity index (χ3n) is 19.4. The first-order chi connectivity index (χ1) is 32.2. The standard InChI is InChI=1S/C58H100FN5O6/c1-19-38(6)56(16,70)52(68)42(10)64(34-37(5)31-55(15,69)51(67)41(9)50(66)40(8)35(2)3)28-20-26-61-27-24-46(65)32-57(43(11)62-44(12)63(17)18)39(7)30-48-47-22-21-45-29-36(4)23-25-53(45,13)58(47,59)49(60)33-54(48,57)14/h23,25,29,37-42,47-52,61-62,66-70H,2,4,11-12,19-22,24,26-28,30-34,60H2,1,3,5-10,13-18H3/t37-,38-,39-,40?,41+,42?,47?,48?,49?,50-,51-,52?,53?,54?,55-,56-,57-,58+/m1/s1. The van der Waals surface area contributed by atoms with E-state index in [0.717, 1.165) is 35.3 Å². The maximum atomic E-state index is 18.3. The molecule has 12 heteroatoms. The topological polar surface area (TPSA) is 175 Å². The van der Waals surface area contributed by atoms with Crippen LogP contribution in [0.15, 0.2) is 72.8 Å². The van der Waals surface area contributed by atoms with Crippen LogP contribution in [-0.2, 0) is 4.79 Å². The maximum absolute atomic E-state index is 18.3. The summed E-state index contributed by atoms with van der Waals surface area (Å²) in [5.41, 5.74) is 4.07. The van der Waals surface area contributed by atoms with E-state index < -0.39 is 69.4 Å². The van der Waals surface area contributed by atoms with Crippen LogP contribution in [-0.4, -0.2) is 129 Å². The minimum atomic E-state index is -1.66. The number of alkyl halides is 1. The smallest absolute Gasteiger partial charge is 0.141 e. The predicted octanol–water partition coefficient (Wildman–Crippen LogP) is 8.20. The molecule has 0 aliphatic heterocycles. The SMILES string of the molecule is C=C1C=CC2(C)C(=C1)CCC1C3C[C@@H](C)[C@](CC(=O)CCNCCCN(C[C@H](C)C[C@@](C)(O)[C@H](O)[C@@H](C)[C@H](O)C(C)C(=C)C)C(C)C(O)[C@](C)(O)[C@H](C)CC)(C(=C)NC(=C)N(C)C)C3(C)CC(N)[C@@]12F. The van der Waals surface area contributed by atoms with E-state index in [-0.39, 0.29) is 54.1 Å². The Morgan fingerprint density at radius 1 is 1.03 bits per heavy atom. The van der Waals surface area contributed by atoms with E-state index in [1.165, 1.54) is 0 Å². The Morgan fingerprint density at radius 3 is 2.24 bits per heavy atom. The monoisotopic (exact) mass is 982 g/mol. The van der Waals surface area contributed by atoms with Crippen LogP contribution in [0.2, 0.25) is 0 Å². The van der Waals surface area contributed by atoms with Gasteiger partial charge >= 0.3 is 0 Å². The summed E-state index contributed by atoms with van der Waals surface area (Å²) in [6.45, 7) is 42.2. The van der Waals surface area contributed by atoms with Crippen molar-refractivity contribution in [1.29, 1.82) is 0 Å². The molecular weight excluding hydrogens is 882 g/mol. The van der Waals surface area contributed by atoms with Gasteiger partial charge in [0.2, 0.25) is 0 Å². The van der Waals surface area contributed by atoms with Crippen molar-refractivity contribution < 1.29 is 34.7 Å². The number of carbonyl (C=O) groups excluding carboxylic acids is 1. The molecule has 0 aromatic rings. The van der Waals surface area contributed by atoms with Gasteiger partial charge in [0.1, 0.15) is 11.5 Å². The Morgan fingerprint density at radius 2 is 1.66 bits per heavy atom. The molecule has 4 rings (SSSR count). The average molecular weight is 982 g/mol. The Kier molecular flexibility index (Phi) is 19.5. The zero-order valence-electron chi connectivity index (χ0n) is 46.2. The van der Waals surface area contributed by atoms with Crippen molar-refractivity contribution >= 4 is 5.78 Å². The van der Waals surface area contributed by atoms with Crippen LogP contribution >= 0.6 is 0 Å². The van der Waals surface area contributed by atoms with Gasteiger partial charge in [-0.25, -0.2) is 4.39 Å². The van der Waals surface area contributed by atoms with E-state index in [9.17, 15) is 30.3 Å². The van der Waals surface area contributed by atoms with Crippen molar-refractivity contribution in [2.75, 3.05) is 40.3 Å². The van der Waals surface area contributed by atoms with Gasteiger partial charge in [0.15, 0.2) is 0 Å². The van der Waals surface area contributed by atoms with Crippen LogP contribution in [0.3, 0.4) is 0 Å². The molecule has 0 radical (unpaired) electrons. The second kappa shape index (κ2) is 22.8. The molecule has 3 saturated carbocycles. The first-order valence-electron chi connectivity index (χ1n) is 26.7. The molecule has 9 N–H and O–H groups in total. The Hall–Kier alpha value is -2.68. The number of halogens is 1. The number of allylic oxidation sites excluding steroid dienone is 6. The van der Waals surface area contributed by atoms with Crippen LogP contribution in [0.4, 0.5) is 4.39 Å². The largest absolute Gasteiger partial charge is 0.392 e. The number of nitrogens with two attached hydrogens (primary N) is 1. The second-order valence-electron chi connectivity index (χ2n) is 24.5. The summed E-state index contributed by atoms with van der Waals surface area (Å²) in [7, 11) is 3.83. The number of rotatable bonds is 27. The number of fused-ring (bicyclic) bond motifs is 5. The van der Waals surface area contributed by atoms with Crippen LogP contribution in [0.25, 0.3) is 0 Å². The number of hydrogen-bond acceptors (Lipinski definition) is 11. The van der Waals surface area contributed by atoms with Crippen LogP contribution in [0.1, 0.15) is 141 Å². The molecule has 70 heavy (non-hydrogen) atoms. The van der Waals surface area contributed by atoms with Crippen molar-refractivity contribution in [1.82, 2.24) is 20.4 Å². The lowest BCUT2D eigenvalue weighted by molar-refractivity contribution is -0.153. The number of Topliss-reactive ketones (excluding diaryl/α,β-unsaturated/α-hetero) is 1. The van der Waals surface area contributed by atoms with Crippen molar-refractivity contribution in [2.45, 2.75) is 188 Å². The molecule has 0 saturated heterocycles. The Labute approximate surface area is 424 Å². The van der Waals surface area contributed by atoms with E-state index in [4.69, 9.17) is 5.73 Å². The summed E-state index contributed by atoms with van der Waals surface area (Å²) in [5.74, 6) is -0.686. The van der Waals surface area contributed by atoms with E-state index >= 15 is 4.39 Å². The fourth-order valence-electron chi connectivity index (χ4n) is 14.2. The fourth-order valence-corrected chi connectivity index (χ4v) is 14.2. The van der Waals surface area contributed by atoms with E-state index in [1.54, 1.807) is 20.8 Å². The summed E-state index contributed by atoms with van der Waals surface area (Å²) in [6.07, 6.45) is 7.66. The molecule has 0 heterocycles. The molecule has 11 nitrogen and oxygen atoms in total. The maximum Gasteiger partial charge on any atom is 0.141 e. The van der Waals surface area contributed by atoms with Gasteiger partial charge in [-0.05, 0) is 127 Å². The van der Waals surface area contributed by atoms with E-state index in [0.29, 0.717) is 64.1 Å². The average Bonchev–Trinajstić information content (AvgIpc) is 3.50. The van der Waals surface area contributed by atoms with Crippen molar-refractivity contribution in [3.8, 4) is 0 Å². The Bertz CT molecular complexity index is 1950. The first kappa shape index (κ1) is 59.9. The number of aliphatic hydroxyl groups is 5. The van der Waals surface area contributed by atoms with Gasteiger partial charge in [0.05, 0.1) is 35.3 Å². The second-order valence-corrected chi connectivity index (χ2v) is 24.5. The summed E-state index contributed by atoms with van der Waals surface area (Å²) >= 11 is 0. The third kappa shape index (κ3) is 11.3. The van der Waals surface area contributed by atoms with Gasteiger partial charge in [-0.1, -0.05) is 111 Å². The van der Waals surface area contributed by atoms with Crippen LogP contribution in [0.5, 0.6) is 0 Å². The number of hydrogen-bond donors (Lipinski definition) is 8. The molecule has 8 unspecified atom stereocenters. The molecule has 0 bridgehead atoms. The zero-order valence-corrected chi connectivity index (χ0v) is 46.2. The molecular formula is C58H100FN5O6. The van der Waals surface area contributed by atoms with Gasteiger partial charge in [0, 0.05) is 80.5 Å². The highest BCUT2D eigenvalue weighted by molar-refractivity contribution is 5.80. The van der Waals surface area contributed by atoms with Crippen molar-refractivity contribution in [3.63, 3.8) is 0 Å². The van der Waals surface area contributed by atoms with Gasteiger partial charge in [-0.15, -0.1) is 0 Å². The molecule has 4 aliphatic carbocycles. The lowest BCUT2D eigenvalue weighted by Gasteiger charge is -2.64. The molecule has 18 atom stereocenters. The highest BCUT2D eigenvalue weighted by Crippen LogP contribution is 2.74. The quantitative estimate of drug-likeness (QED) is 0.0295. The Balaban J connectivity index is 1.49. The number of nitrogens with zero attached hydrogens (tertiary/aromatic N) is 2. The van der Waals surface area contributed by atoms with Gasteiger partial charge in [-0.2, -0.15) is 0 Å². The third-order valence-corrected chi connectivity index (χ3v) is 19.4. The molecule has 400 valence electrons. The number of nitrogens with one attached hydrogen (secondary N) is 2. The first-order valence-corrected chi connectivity index (χ1v) is 26.7. The zero-order chi connectivity index (χ0) is 53.3. The minimum absolute atomic E-state index is 0.00864. The highest BCUT2D eigenvalue weighted by Gasteiger charge is 2.74. The highest BCUT2D eigenvalue weighted by atomic mass is 19.1. The molecule has 0 spiro atoms. The van der Waals surface area contributed by atoms with Gasteiger partial charge in [-0.3, -0.25) is 9.69 Å². The summed E-state index contributed by atoms with van der Waals surface area (Å²) < 4.78 is 18.3. The minimum Gasteiger partial charge on any atom is -0.392 e. The molecule has 0 aromatic heterocycles. The number of aliphatic hydroxyl groups excluding tert-OH is 3. The van der Waals surface area contributed by atoms with Gasteiger partial charge < -0.3 is 46.8 Å².